The zero-order valence-corrected chi connectivity index (χ0v) is 20.6. The predicted molar refractivity (Wildman–Crippen MR) is 132 cm³/mol. The maximum absolute atomic E-state index is 13.6. The van der Waals surface area contributed by atoms with Crippen molar-refractivity contribution in [2.24, 2.45) is 5.10 Å². The number of hydrogen-bond donors (Lipinski definition) is 1. The smallest absolute Gasteiger partial charge is 0.279 e. The van der Waals surface area contributed by atoms with Gasteiger partial charge in [0, 0.05) is 12.1 Å². The van der Waals surface area contributed by atoms with Gasteiger partial charge < -0.3 is 4.74 Å². The van der Waals surface area contributed by atoms with Crippen molar-refractivity contribution in [1.82, 2.24) is 4.41 Å². The normalized spacial score (nSPS) is 16.3. The van der Waals surface area contributed by atoms with Crippen molar-refractivity contribution in [2.75, 3.05) is 18.1 Å². The Balaban J connectivity index is 1.74. The highest BCUT2D eigenvalue weighted by Gasteiger charge is 2.38. The van der Waals surface area contributed by atoms with E-state index in [-0.39, 0.29) is 4.90 Å². The van der Waals surface area contributed by atoms with Crippen LogP contribution in [0.15, 0.2) is 82.8 Å². The Bertz CT molecular complexity index is 1430. The van der Waals surface area contributed by atoms with Crippen LogP contribution in [0.5, 0.6) is 5.75 Å². The van der Waals surface area contributed by atoms with Gasteiger partial charge in [-0.05, 0) is 60.0 Å². The third-order valence-corrected chi connectivity index (χ3v) is 7.85. The number of hydrazone groups is 1. The Morgan fingerprint density at radius 3 is 2.18 bits per heavy atom. The van der Waals surface area contributed by atoms with Crippen LogP contribution in [0.2, 0.25) is 0 Å². The number of sulfonamides is 2. The minimum atomic E-state index is -3.95. The summed E-state index contributed by atoms with van der Waals surface area (Å²) in [5.41, 5.74) is 3.56. The minimum Gasteiger partial charge on any atom is -0.497 e. The van der Waals surface area contributed by atoms with Gasteiger partial charge in [-0.15, -0.1) is 0 Å². The lowest BCUT2D eigenvalue weighted by Crippen LogP contribution is -2.27. The average molecular weight is 500 g/mol. The number of aryl methyl sites for hydroxylation is 1. The molecule has 0 spiro atoms. The second-order valence-corrected chi connectivity index (χ2v) is 11.6. The number of benzene rings is 3. The van der Waals surface area contributed by atoms with E-state index in [0.717, 1.165) is 17.4 Å². The first-order valence-electron chi connectivity index (χ1n) is 10.5. The number of anilines is 1. The molecule has 1 atom stereocenters. The molecular formula is C24H25N3O5S2. The van der Waals surface area contributed by atoms with Gasteiger partial charge in [0.25, 0.3) is 10.0 Å². The average Bonchev–Trinajstić information content (AvgIpc) is 3.25. The van der Waals surface area contributed by atoms with Gasteiger partial charge in [-0.3, -0.25) is 4.72 Å². The van der Waals surface area contributed by atoms with Gasteiger partial charge in [0.2, 0.25) is 10.0 Å². The summed E-state index contributed by atoms with van der Waals surface area (Å²) in [6.07, 6.45) is 1.45. The molecule has 0 aliphatic carbocycles. The van der Waals surface area contributed by atoms with Crippen LogP contribution in [0, 0.1) is 6.92 Å². The Labute approximate surface area is 200 Å². The van der Waals surface area contributed by atoms with Crippen molar-refractivity contribution < 1.29 is 21.6 Å². The lowest BCUT2D eigenvalue weighted by molar-refractivity contribution is 0.370. The van der Waals surface area contributed by atoms with E-state index in [1.54, 1.807) is 36.4 Å². The summed E-state index contributed by atoms with van der Waals surface area (Å²) in [5.74, 6) is 0.558. The lowest BCUT2D eigenvalue weighted by atomic mass is 9.96. The van der Waals surface area contributed by atoms with Gasteiger partial charge in [0.1, 0.15) is 5.75 Å². The van der Waals surface area contributed by atoms with E-state index >= 15 is 0 Å². The highest BCUT2D eigenvalue weighted by molar-refractivity contribution is 7.92. The Morgan fingerprint density at radius 1 is 0.941 bits per heavy atom. The third kappa shape index (κ3) is 4.92. The highest BCUT2D eigenvalue weighted by atomic mass is 32.2. The van der Waals surface area contributed by atoms with Crippen molar-refractivity contribution in [1.29, 1.82) is 0 Å². The molecule has 0 bridgehead atoms. The van der Waals surface area contributed by atoms with Crippen molar-refractivity contribution in [3.8, 4) is 5.75 Å². The molecule has 34 heavy (non-hydrogen) atoms. The quantitative estimate of drug-likeness (QED) is 0.531. The van der Waals surface area contributed by atoms with Crippen LogP contribution < -0.4 is 9.46 Å². The van der Waals surface area contributed by atoms with E-state index in [2.05, 4.69) is 9.82 Å². The van der Waals surface area contributed by atoms with Crippen LogP contribution in [0.3, 0.4) is 0 Å². The van der Waals surface area contributed by atoms with Crippen LogP contribution in [-0.4, -0.2) is 40.3 Å². The third-order valence-electron chi connectivity index (χ3n) is 5.54. The maximum Gasteiger partial charge on any atom is 0.279 e. The maximum atomic E-state index is 13.6. The Hall–Kier alpha value is -3.37. The molecule has 3 aromatic carbocycles. The first-order chi connectivity index (χ1) is 16.1. The van der Waals surface area contributed by atoms with Gasteiger partial charge >= 0.3 is 0 Å². The molecule has 1 aliphatic heterocycles. The van der Waals surface area contributed by atoms with E-state index < -0.39 is 26.1 Å². The summed E-state index contributed by atoms with van der Waals surface area (Å²) >= 11 is 0. The Morgan fingerprint density at radius 2 is 1.59 bits per heavy atom. The molecule has 0 aromatic heterocycles. The van der Waals surface area contributed by atoms with Crippen LogP contribution in [0.1, 0.15) is 29.2 Å². The van der Waals surface area contributed by atoms with Crippen LogP contribution in [-0.2, 0) is 20.0 Å². The molecule has 3 aromatic rings. The standard InChI is InChI=1S/C24H25N3O5S2/c1-17-6-4-5-7-22(17)24-16-23(18-8-10-19(11-9-18)26-33(3,28)29)25-27(24)34(30,31)21-14-12-20(32-2)13-15-21/h4-15,24,26H,16H2,1-3H3/t24-/m0/s1. The second-order valence-electron chi connectivity index (χ2n) is 8.03. The van der Waals surface area contributed by atoms with E-state index in [0.29, 0.717) is 29.1 Å². The largest absolute Gasteiger partial charge is 0.497 e. The highest BCUT2D eigenvalue weighted by Crippen LogP contribution is 2.38. The first-order valence-corrected chi connectivity index (χ1v) is 13.8. The predicted octanol–water partition coefficient (Wildman–Crippen LogP) is 3.92. The molecule has 0 fully saturated rings. The van der Waals surface area contributed by atoms with Crippen molar-refractivity contribution in [2.45, 2.75) is 24.3 Å². The summed E-state index contributed by atoms with van der Waals surface area (Å²) in [5, 5.41) is 4.54. The molecule has 10 heteroatoms. The number of nitrogens with zero attached hydrogens (tertiary/aromatic N) is 2. The topological polar surface area (TPSA) is 105 Å². The molecule has 1 N–H and O–H groups in total. The first kappa shape index (κ1) is 23.8. The van der Waals surface area contributed by atoms with Gasteiger partial charge in [0.15, 0.2) is 0 Å². The van der Waals surface area contributed by atoms with Crippen LogP contribution in [0.4, 0.5) is 5.69 Å². The molecule has 4 rings (SSSR count). The van der Waals surface area contributed by atoms with E-state index in [1.165, 1.54) is 23.7 Å². The SMILES string of the molecule is COc1ccc(S(=O)(=O)N2N=C(c3ccc(NS(C)(=O)=O)cc3)C[C@H]2c2ccccc2C)cc1. The van der Waals surface area contributed by atoms with Crippen molar-refractivity contribution in [3.63, 3.8) is 0 Å². The number of ether oxygens (including phenoxy) is 1. The summed E-state index contributed by atoms with van der Waals surface area (Å²) in [4.78, 5) is 0.115. The Kier molecular flexibility index (Phi) is 6.37. The molecule has 0 unspecified atom stereocenters. The van der Waals surface area contributed by atoms with E-state index in [9.17, 15) is 16.8 Å². The second kappa shape index (κ2) is 9.11. The molecule has 8 nitrogen and oxygen atoms in total. The number of nitrogens with one attached hydrogen (secondary N) is 1. The van der Waals surface area contributed by atoms with Crippen molar-refractivity contribution >= 4 is 31.4 Å². The minimum absolute atomic E-state index is 0.115. The van der Waals surface area contributed by atoms with Gasteiger partial charge in [-0.25, -0.2) is 8.42 Å². The molecule has 0 saturated carbocycles. The van der Waals surface area contributed by atoms with E-state index in [4.69, 9.17) is 4.74 Å². The molecule has 0 saturated heterocycles. The summed E-state index contributed by atoms with van der Waals surface area (Å²) in [6.45, 7) is 1.94. The van der Waals surface area contributed by atoms with Crippen LogP contribution in [0.25, 0.3) is 0 Å². The molecule has 0 amide bonds. The zero-order valence-electron chi connectivity index (χ0n) is 19.0. The molecule has 1 heterocycles. The molecular weight excluding hydrogens is 474 g/mol. The van der Waals surface area contributed by atoms with E-state index in [1.807, 2.05) is 31.2 Å². The van der Waals surface area contributed by atoms with Crippen LogP contribution >= 0.6 is 0 Å². The van der Waals surface area contributed by atoms with Crippen molar-refractivity contribution in [3.05, 3.63) is 89.5 Å². The fraction of sp³-hybridized carbons (Fsp3) is 0.208. The molecule has 0 radical (unpaired) electrons. The fourth-order valence-electron chi connectivity index (χ4n) is 3.88. The van der Waals surface area contributed by atoms with Gasteiger partial charge in [-0.2, -0.15) is 17.9 Å². The summed E-state index contributed by atoms with van der Waals surface area (Å²) < 4.78 is 59.0. The lowest BCUT2D eigenvalue weighted by Gasteiger charge is -2.24. The molecule has 178 valence electrons. The summed E-state index contributed by atoms with van der Waals surface area (Å²) in [7, 11) is -5.83. The number of methoxy groups -OCH3 is 1. The number of rotatable bonds is 7. The van der Waals surface area contributed by atoms with Gasteiger partial charge in [-0.1, -0.05) is 36.4 Å². The molecule has 1 aliphatic rings. The van der Waals surface area contributed by atoms with Gasteiger partial charge in [0.05, 0.1) is 30.0 Å². The summed E-state index contributed by atoms with van der Waals surface area (Å²) in [6, 6.07) is 20.0. The number of hydrogen-bond acceptors (Lipinski definition) is 6. The zero-order chi connectivity index (χ0) is 24.5. The fourth-order valence-corrected chi connectivity index (χ4v) is 5.87. The monoisotopic (exact) mass is 499 g/mol.